The normalized spacial score (nSPS) is 15.3. The van der Waals surface area contributed by atoms with Crippen LogP contribution in [-0.2, 0) is 26.7 Å². The Morgan fingerprint density at radius 2 is 1.83 bits per heavy atom. The highest BCUT2D eigenvalue weighted by Crippen LogP contribution is 2.14. The van der Waals surface area contributed by atoms with Crippen molar-refractivity contribution in [3.63, 3.8) is 0 Å². The van der Waals surface area contributed by atoms with Gasteiger partial charge in [-0.25, -0.2) is 4.99 Å². The lowest BCUT2D eigenvalue weighted by Gasteiger charge is -2.26. The van der Waals surface area contributed by atoms with E-state index in [-0.39, 0.29) is 0 Å². The predicted molar refractivity (Wildman–Crippen MR) is 117 cm³/mol. The second-order valence-electron chi connectivity index (χ2n) is 7.56. The first kappa shape index (κ1) is 21.0. The van der Waals surface area contributed by atoms with Gasteiger partial charge in [0.2, 0.25) is 0 Å². The number of aromatic nitrogens is 3. The highest BCUT2D eigenvalue weighted by atomic mass is 15.3. The molecule has 1 aliphatic rings. The molecule has 2 heterocycles. The van der Waals surface area contributed by atoms with Gasteiger partial charge in [-0.2, -0.15) is 0 Å². The van der Waals surface area contributed by atoms with Crippen LogP contribution in [0.5, 0.6) is 0 Å². The molecule has 0 atom stereocenters. The Morgan fingerprint density at radius 3 is 2.48 bits per heavy atom. The number of aliphatic imine (C=N–C) groups is 1. The summed E-state index contributed by atoms with van der Waals surface area (Å²) < 4.78 is 1.97. The molecule has 0 spiro atoms. The fraction of sp³-hybridized carbons (Fsp3) is 0.500. The minimum atomic E-state index is 0.565. The Hall–Kier alpha value is -2.67. The second-order valence-corrected chi connectivity index (χ2v) is 7.56. The maximum atomic E-state index is 4.71. The number of piperidine rings is 1. The van der Waals surface area contributed by atoms with E-state index in [1.54, 1.807) is 0 Å². The monoisotopic (exact) mass is 395 g/mol. The molecule has 29 heavy (non-hydrogen) atoms. The number of nitrogens with one attached hydrogen (secondary N) is 2. The maximum absolute atomic E-state index is 4.71. The highest BCUT2D eigenvalue weighted by molar-refractivity contribution is 5.79. The summed E-state index contributed by atoms with van der Waals surface area (Å²) in [6, 6.07) is 8.82. The van der Waals surface area contributed by atoms with Crippen molar-refractivity contribution in [1.29, 1.82) is 0 Å². The van der Waals surface area contributed by atoms with Gasteiger partial charge < -0.3 is 15.2 Å². The first-order valence-corrected chi connectivity index (χ1v) is 10.4. The van der Waals surface area contributed by atoms with Gasteiger partial charge in [0.15, 0.2) is 11.8 Å². The van der Waals surface area contributed by atoms with Gasteiger partial charge in [-0.1, -0.05) is 36.8 Å². The number of rotatable bonds is 8. The molecule has 0 saturated carbocycles. The maximum Gasteiger partial charge on any atom is 0.192 e. The molecule has 0 unspecified atom stereocenters. The van der Waals surface area contributed by atoms with E-state index in [1.807, 2.05) is 24.6 Å². The van der Waals surface area contributed by atoms with Gasteiger partial charge in [0.25, 0.3) is 0 Å². The van der Waals surface area contributed by atoms with Crippen LogP contribution in [0, 0.1) is 6.92 Å². The van der Waals surface area contributed by atoms with Crippen molar-refractivity contribution in [3.8, 4) is 0 Å². The zero-order chi connectivity index (χ0) is 20.5. The average Bonchev–Trinajstić information content (AvgIpc) is 3.07. The Labute approximate surface area is 173 Å². The van der Waals surface area contributed by atoms with Crippen LogP contribution in [0.25, 0.3) is 0 Å². The van der Waals surface area contributed by atoms with Crippen molar-refractivity contribution in [3.05, 3.63) is 59.7 Å². The SMILES string of the molecule is C=CCNC(=NCc1ccc(CN2CCCCC2)cc1)NCc1nnc(C)n1C. The van der Waals surface area contributed by atoms with Gasteiger partial charge >= 0.3 is 0 Å². The predicted octanol–water partition coefficient (Wildman–Crippen LogP) is 2.53. The fourth-order valence-electron chi connectivity index (χ4n) is 3.41. The Morgan fingerprint density at radius 1 is 1.10 bits per heavy atom. The lowest BCUT2D eigenvalue weighted by atomic mass is 10.1. The van der Waals surface area contributed by atoms with E-state index < -0.39 is 0 Å². The zero-order valence-electron chi connectivity index (χ0n) is 17.7. The molecule has 2 aromatic rings. The quantitative estimate of drug-likeness (QED) is 0.408. The van der Waals surface area contributed by atoms with Crippen LogP contribution in [0.2, 0.25) is 0 Å². The number of benzene rings is 1. The van der Waals surface area contributed by atoms with E-state index in [2.05, 4.69) is 56.6 Å². The van der Waals surface area contributed by atoms with Crippen molar-refractivity contribution in [1.82, 2.24) is 30.3 Å². The lowest BCUT2D eigenvalue weighted by molar-refractivity contribution is 0.221. The number of likely N-dealkylation sites (tertiary alicyclic amines) is 1. The van der Waals surface area contributed by atoms with E-state index in [0.29, 0.717) is 19.6 Å². The molecule has 1 aliphatic heterocycles. The molecule has 1 fully saturated rings. The number of hydrogen-bond donors (Lipinski definition) is 2. The Bertz CT molecular complexity index is 801. The summed E-state index contributed by atoms with van der Waals surface area (Å²) in [7, 11) is 1.96. The minimum absolute atomic E-state index is 0.565. The molecular weight excluding hydrogens is 362 g/mol. The molecule has 1 aromatic carbocycles. The fourth-order valence-corrected chi connectivity index (χ4v) is 3.41. The summed E-state index contributed by atoms with van der Waals surface area (Å²) in [5.41, 5.74) is 2.57. The minimum Gasteiger partial charge on any atom is -0.353 e. The first-order chi connectivity index (χ1) is 14.2. The molecule has 0 aliphatic carbocycles. The van der Waals surface area contributed by atoms with Crippen LogP contribution in [0.4, 0.5) is 0 Å². The smallest absolute Gasteiger partial charge is 0.192 e. The summed E-state index contributed by atoms with van der Waals surface area (Å²) in [5.74, 6) is 2.50. The van der Waals surface area contributed by atoms with Gasteiger partial charge in [-0.3, -0.25) is 4.90 Å². The number of guanidine groups is 1. The first-order valence-electron chi connectivity index (χ1n) is 10.4. The third-order valence-corrected chi connectivity index (χ3v) is 5.31. The number of aryl methyl sites for hydroxylation is 1. The average molecular weight is 396 g/mol. The topological polar surface area (TPSA) is 70.4 Å². The van der Waals surface area contributed by atoms with Gasteiger partial charge in [-0.15, -0.1) is 16.8 Å². The lowest BCUT2D eigenvalue weighted by Crippen LogP contribution is -2.37. The van der Waals surface area contributed by atoms with Gasteiger partial charge in [0.1, 0.15) is 5.82 Å². The van der Waals surface area contributed by atoms with Crippen LogP contribution in [0.15, 0.2) is 41.9 Å². The Balaban J connectivity index is 1.55. The molecule has 0 radical (unpaired) electrons. The van der Waals surface area contributed by atoms with Gasteiger partial charge in [0, 0.05) is 20.1 Å². The highest BCUT2D eigenvalue weighted by Gasteiger charge is 2.10. The molecule has 156 valence electrons. The van der Waals surface area contributed by atoms with Crippen molar-refractivity contribution in [2.24, 2.45) is 12.0 Å². The molecule has 1 saturated heterocycles. The third kappa shape index (κ3) is 6.42. The van der Waals surface area contributed by atoms with Crippen LogP contribution < -0.4 is 10.6 Å². The largest absolute Gasteiger partial charge is 0.353 e. The molecule has 7 nitrogen and oxygen atoms in total. The summed E-state index contributed by atoms with van der Waals surface area (Å²) >= 11 is 0. The van der Waals surface area contributed by atoms with Crippen molar-refractivity contribution < 1.29 is 0 Å². The van der Waals surface area contributed by atoms with E-state index in [0.717, 1.165) is 24.2 Å². The van der Waals surface area contributed by atoms with E-state index in [1.165, 1.54) is 43.5 Å². The third-order valence-electron chi connectivity index (χ3n) is 5.31. The molecule has 0 bridgehead atoms. The van der Waals surface area contributed by atoms with E-state index >= 15 is 0 Å². The summed E-state index contributed by atoms with van der Waals surface area (Å²) in [6.45, 7) is 11.0. The van der Waals surface area contributed by atoms with Gasteiger partial charge in [-0.05, 0) is 44.0 Å². The molecular formula is C22H33N7. The van der Waals surface area contributed by atoms with Crippen molar-refractivity contribution >= 4 is 5.96 Å². The van der Waals surface area contributed by atoms with Crippen LogP contribution in [0.1, 0.15) is 42.0 Å². The number of hydrogen-bond acceptors (Lipinski definition) is 4. The van der Waals surface area contributed by atoms with E-state index in [9.17, 15) is 0 Å². The zero-order valence-corrected chi connectivity index (χ0v) is 17.7. The second kappa shape index (κ2) is 10.8. The van der Waals surface area contributed by atoms with Crippen LogP contribution in [0.3, 0.4) is 0 Å². The molecule has 7 heteroatoms. The molecule has 0 amide bonds. The standard InChI is InChI=1S/C22H33N7/c1-4-12-23-22(25-16-21-27-26-18(2)28(21)3)24-15-19-8-10-20(11-9-19)17-29-13-6-5-7-14-29/h4,8-11H,1,5-7,12-17H2,2-3H3,(H2,23,24,25). The molecule has 2 N–H and O–H groups in total. The van der Waals surface area contributed by atoms with Crippen molar-refractivity contribution in [2.75, 3.05) is 19.6 Å². The Kier molecular flexibility index (Phi) is 7.81. The van der Waals surface area contributed by atoms with Crippen LogP contribution >= 0.6 is 0 Å². The van der Waals surface area contributed by atoms with Gasteiger partial charge in [0.05, 0.1) is 13.1 Å². The summed E-state index contributed by atoms with van der Waals surface area (Å²) in [4.78, 5) is 7.25. The van der Waals surface area contributed by atoms with Crippen LogP contribution in [-0.4, -0.2) is 45.3 Å². The van der Waals surface area contributed by atoms with Crippen molar-refractivity contribution in [2.45, 2.75) is 45.8 Å². The summed E-state index contributed by atoms with van der Waals surface area (Å²) in [6.07, 6.45) is 5.85. The molecule has 1 aromatic heterocycles. The number of nitrogens with zero attached hydrogens (tertiary/aromatic N) is 5. The van der Waals surface area contributed by atoms with E-state index in [4.69, 9.17) is 4.99 Å². The summed E-state index contributed by atoms with van der Waals surface area (Å²) in [5, 5.41) is 14.9. The molecule has 3 rings (SSSR count).